The van der Waals surface area contributed by atoms with Gasteiger partial charge in [-0.2, -0.15) is 0 Å². The normalized spacial score (nSPS) is 12.9. The van der Waals surface area contributed by atoms with Crippen LogP contribution in [-0.2, 0) is 33.9 Å². The van der Waals surface area contributed by atoms with Gasteiger partial charge in [-0.1, -0.05) is 35.3 Å². The van der Waals surface area contributed by atoms with Gasteiger partial charge in [-0.05, 0) is 24.3 Å². The van der Waals surface area contributed by atoms with Gasteiger partial charge in [0.2, 0.25) is 0 Å². The summed E-state index contributed by atoms with van der Waals surface area (Å²) in [6.07, 6.45) is 0.0941. The van der Waals surface area contributed by atoms with Crippen molar-refractivity contribution in [3.63, 3.8) is 0 Å². The third-order valence-corrected chi connectivity index (χ3v) is 5.52. The first-order valence-corrected chi connectivity index (χ1v) is 10.1. The summed E-state index contributed by atoms with van der Waals surface area (Å²) < 4.78 is 16.2. The Morgan fingerprint density at radius 1 is 1.18 bits per heavy atom. The van der Waals surface area contributed by atoms with Crippen molar-refractivity contribution in [3.8, 4) is 16.3 Å². The van der Waals surface area contributed by atoms with Crippen molar-refractivity contribution in [2.45, 2.75) is 19.6 Å². The van der Waals surface area contributed by atoms with Crippen LogP contribution in [0.1, 0.15) is 16.8 Å². The first-order valence-electron chi connectivity index (χ1n) is 8.46. The minimum absolute atomic E-state index is 0.0793. The van der Waals surface area contributed by atoms with Gasteiger partial charge in [0.1, 0.15) is 17.4 Å². The molecule has 3 aromatic rings. The number of rotatable bonds is 5. The molecule has 0 amide bonds. The fourth-order valence-electron chi connectivity index (χ4n) is 2.83. The zero-order chi connectivity index (χ0) is 19.5. The molecule has 0 saturated heterocycles. The van der Waals surface area contributed by atoms with Gasteiger partial charge in [0.05, 0.1) is 18.7 Å². The highest BCUT2D eigenvalue weighted by molar-refractivity contribution is 7.13. The van der Waals surface area contributed by atoms with Crippen LogP contribution in [0.5, 0.6) is 5.75 Å². The molecule has 8 heteroatoms. The summed E-state index contributed by atoms with van der Waals surface area (Å²) in [7, 11) is 0. The zero-order valence-electron chi connectivity index (χ0n) is 14.6. The predicted octanol–water partition coefficient (Wildman–Crippen LogP) is 5.27. The van der Waals surface area contributed by atoms with Gasteiger partial charge in [0, 0.05) is 32.1 Å². The Hall–Kier alpha value is -2.12. The van der Waals surface area contributed by atoms with Crippen LogP contribution < -0.4 is 4.74 Å². The summed E-state index contributed by atoms with van der Waals surface area (Å²) in [6.45, 7) is 0.668. The van der Waals surface area contributed by atoms with Crippen LogP contribution in [0.4, 0.5) is 0 Å². The lowest BCUT2D eigenvalue weighted by Gasteiger charge is -2.21. The van der Waals surface area contributed by atoms with E-state index >= 15 is 0 Å². The van der Waals surface area contributed by atoms with E-state index in [2.05, 4.69) is 4.98 Å². The molecule has 0 fully saturated rings. The number of ether oxygens (including phenoxy) is 3. The number of carbonyl (C=O) groups excluding carboxylic acids is 1. The van der Waals surface area contributed by atoms with Gasteiger partial charge < -0.3 is 14.2 Å². The van der Waals surface area contributed by atoms with Crippen LogP contribution in [0, 0.1) is 0 Å². The number of esters is 1. The lowest BCUT2D eigenvalue weighted by atomic mass is 10.1. The second-order valence-corrected chi connectivity index (χ2v) is 7.88. The van der Waals surface area contributed by atoms with E-state index in [1.165, 1.54) is 11.3 Å². The molecule has 4 rings (SSSR count). The third kappa shape index (κ3) is 4.47. The Morgan fingerprint density at radius 2 is 2.00 bits per heavy atom. The summed E-state index contributed by atoms with van der Waals surface area (Å²) in [5.41, 5.74) is 3.19. The smallest absolute Gasteiger partial charge is 0.312 e. The maximum atomic E-state index is 12.3. The summed E-state index contributed by atoms with van der Waals surface area (Å²) in [5, 5.41) is 3.90. The Kier molecular flexibility index (Phi) is 5.82. The fraction of sp³-hybridized carbons (Fsp3) is 0.200. The Balaban J connectivity index is 1.39. The largest absolute Gasteiger partial charge is 0.467 e. The van der Waals surface area contributed by atoms with Crippen molar-refractivity contribution in [3.05, 3.63) is 68.6 Å². The average Bonchev–Trinajstić information content (AvgIpc) is 3.15. The Morgan fingerprint density at radius 3 is 2.82 bits per heavy atom. The van der Waals surface area contributed by atoms with Gasteiger partial charge in [-0.15, -0.1) is 11.3 Å². The molecular weight excluding hydrogens is 421 g/mol. The molecule has 0 bridgehead atoms. The molecule has 0 spiro atoms. The Bertz CT molecular complexity index is 1000. The molecule has 1 aliphatic rings. The van der Waals surface area contributed by atoms with Crippen LogP contribution in [0.25, 0.3) is 10.6 Å². The summed E-state index contributed by atoms with van der Waals surface area (Å²) in [6, 6.07) is 10.9. The number of benzene rings is 2. The Labute approximate surface area is 175 Å². The van der Waals surface area contributed by atoms with Crippen molar-refractivity contribution >= 4 is 40.5 Å². The maximum absolute atomic E-state index is 12.3. The molecule has 0 N–H and O–H groups in total. The standard InChI is InChI=1S/C20H15Cl2NO4S/c21-15-3-1-12(2-4-15)20-23-17(10-28-20)7-18(24)26-9-14-6-16(22)5-13-8-25-11-27-19(13)14/h1-6,10H,7-9,11H2. The van der Waals surface area contributed by atoms with E-state index in [1.807, 2.05) is 29.6 Å². The molecular formula is C20H15Cl2NO4S. The second-order valence-electron chi connectivity index (χ2n) is 6.15. The van der Waals surface area contributed by atoms with Gasteiger partial charge in [-0.3, -0.25) is 4.79 Å². The molecule has 0 aliphatic carbocycles. The van der Waals surface area contributed by atoms with Crippen molar-refractivity contribution in [1.82, 2.24) is 4.98 Å². The number of carbonyl (C=O) groups is 1. The van der Waals surface area contributed by atoms with Crippen molar-refractivity contribution in [2.24, 2.45) is 0 Å². The van der Waals surface area contributed by atoms with Crippen LogP contribution in [-0.4, -0.2) is 17.7 Å². The van der Waals surface area contributed by atoms with Crippen LogP contribution >= 0.6 is 34.5 Å². The van der Waals surface area contributed by atoms with E-state index < -0.39 is 0 Å². The number of hydrogen-bond acceptors (Lipinski definition) is 6. The van der Waals surface area contributed by atoms with Crippen molar-refractivity contribution in [1.29, 1.82) is 0 Å². The van der Waals surface area contributed by atoms with Gasteiger partial charge in [-0.25, -0.2) is 4.98 Å². The molecule has 0 atom stereocenters. The lowest BCUT2D eigenvalue weighted by molar-refractivity contribution is -0.144. The van der Waals surface area contributed by atoms with Crippen LogP contribution in [0.3, 0.4) is 0 Å². The molecule has 28 heavy (non-hydrogen) atoms. The third-order valence-electron chi connectivity index (χ3n) is 4.11. The van der Waals surface area contributed by atoms with Gasteiger partial charge in [0.15, 0.2) is 6.79 Å². The summed E-state index contributed by atoms with van der Waals surface area (Å²) in [4.78, 5) is 16.8. The molecule has 2 aromatic carbocycles. The maximum Gasteiger partial charge on any atom is 0.312 e. The predicted molar refractivity (Wildman–Crippen MR) is 108 cm³/mol. The molecule has 0 unspecified atom stereocenters. The first-order chi connectivity index (χ1) is 13.6. The molecule has 144 valence electrons. The number of hydrogen-bond donors (Lipinski definition) is 0. The van der Waals surface area contributed by atoms with Gasteiger partial charge >= 0.3 is 5.97 Å². The quantitative estimate of drug-likeness (QED) is 0.510. The number of thiazole rings is 1. The van der Waals surface area contributed by atoms with Crippen LogP contribution in [0.2, 0.25) is 10.0 Å². The number of halogens is 2. The molecule has 0 radical (unpaired) electrons. The highest BCUT2D eigenvalue weighted by Crippen LogP contribution is 2.32. The second kappa shape index (κ2) is 8.49. The molecule has 5 nitrogen and oxygen atoms in total. The zero-order valence-corrected chi connectivity index (χ0v) is 16.9. The minimum atomic E-state index is -0.367. The topological polar surface area (TPSA) is 57.7 Å². The van der Waals surface area contributed by atoms with E-state index in [0.29, 0.717) is 28.1 Å². The van der Waals surface area contributed by atoms with Crippen molar-refractivity contribution in [2.75, 3.05) is 6.79 Å². The number of fused-ring (bicyclic) bond motifs is 1. The van der Waals surface area contributed by atoms with E-state index in [9.17, 15) is 4.79 Å². The fourth-order valence-corrected chi connectivity index (χ4v) is 4.05. The molecule has 1 aliphatic heterocycles. The lowest BCUT2D eigenvalue weighted by Crippen LogP contribution is -2.15. The molecule has 2 heterocycles. The average molecular weight is 436 g/mol. The van der Waals surface area contributed by atoms with Gasteiger partial charge in [0.25, 0.3) is 0 Å². The highest BCUT2D eigenvalue weighted by atomic mass is 35.5. The van der Waals surface area contributed by atoms with E-state index in [1.54, 1.807) is 12.1 Å². The van der Waals surface area contributed by atoms with Crippen LogP contribution in [0.15, 0.2) is 41.8 Å². The van der Waals surface area contributed by atoms with E-state index in [-0.39, 0.29) is 25.8 Å². The number of aromatic nitrogens is 1. The first kappa shape index (κ1) is 19.2. The minimum Gasteiger partial charge on any atom is -0.467 e. The number of nitrogens with zero attached hydrogens (tertiary/aromatic N) is 1. The van der Waals surface area contributed by atoms with E-state index in [4.69, 9.17) is 37.4 Å². The summed E-state index contributed by atoms with van der Waals surface area (Å²) >= 11 is 13.5. The molecule has 1 aromatic heterocycles. The summed E-state index contributed by atoms with van der Waals surface area (Å²) in [5.74, 6) is 0.302. The molecule has 0 saturated carbocycles. The van der Waals surface area contributed by atoms with Crippen molar-refractivity contribution < 1.29 is 19.0 Å². The SMILES string of the molecule is O=C(Cc1csc(-c2ccc(Cl)cc2)n1)OCc1cc(Cl)cc2c1OCOC2. The van der Waals surface area contributed by atoms with E-state index in [0.717, 1.165) is 21.7 Å². The highest BCUT2D eigenvalue weighted by Gasteiger charge is 2.18. The monoisotopic (exact) mass is 435 g/mol.